The molecule has 2 aromatic carbocycles. The second-order valence-electron chi connectivity index (χ2n) is 8.81. The van der Waals surface area contributed by atoms with Crippen LogP contribution < -0.4 is 10.1 Å². The van der Waals surface area contributed by atoms with Crippen LogP contribution >= 0.6 is 0 Å². The van der Waals surface area contributed by atoms with Crippen LogP contribution in [0.4, 0.5) is 13.2 Å². The SMILES string of the molecule is C[C@]1(N2Cc3c(OCc4cn(-c5ccc(C(F)(F)F)cc5)nn4)cccc3C2=O)CCC(=O)NC1=O. The molecule has 1 saturated heterocycles. The van der Waals surface area contributed by atoms with Gasteiger partial charge in [0.2, 0.25) is 5.91 Å². The van der Waals surface area contributed by atoms with Gasteiger partial charge < -0.3 is 9.64 Å². The minimum atomic E-state index is -4.43. The van der Waals surface area contributed by atoms with E-state index in [2.05, 4.69) is 15.6 Å². The maximum absolute atomic E-state index is 13.1. The van der Waals surface area contributed by atoms with Crippen LogP contribution in [0.5, 0.6) is 5.75 Å². The summed E-state index contributed by atoms with van der Waals surface area (Å²) >= 11 is 0. The number of carbonyl (C=O) groups excluding carboxylic acids is 3. The van der Waals surface area contributed by atoms with Crippen molar-refractivity contribution in [1.82, 2.24) is 25.2 Å². The van der Waals surface area contributed by atoms with E-state index in [0.717, 1.165) is 12.1 Å². The molecule has 1 fully saturated rings. The molecule has 2 aliphatic heterocycles. The molecule has 3 aromatic rings. The number of alkyl halides is 3. The van der Waals surface area contributed by atoms with Gasteiger partial charge in [0.1, 0.15) is 23.6 Å². The van der Waals surface area contributed by atoms with E-state index in [0.29, 0.717) is 28.3 Å². The molecule has 1 aromatic heterocycles. The van der Waals surface area contributed by atoms with Crippen LogP contribution in [-0.4, -0.2) is 43.2 Å². The fourth-order valence-electron chi connectivity index (χ4n) is 4.34. The molecule has 186 valence electrons. The van der Waals surface area contributed by atoms with E-state index in [9.17, 15) is 27.6 Å². The zero-order valence-corrected chi connectivity index (χ0v) is 19.0. The monoisotopic (exact) mass is 499 g/mol. The van der Waals surface area contributed by atoms with Crippen molar-refractivity contribution in [3.8, 4) is 11.4 Å². The molecular weight excluding hydrogens is 479 g/mol. The quantitative estimate of drug-likeness (QED) is 0.541. The van der Waals surface area contributed by atoms with Gasteiger partial charge in [-0.05, 0) is 49.7 Å². The number of ether oxygens (including phenoxy) is 1. The highest BCUT2D eigenvalue weighted by Gasteiger charge is 2.49. The molecule has 12 heteroatoms. The van der Waals surface area contributed by atoms with Crippen LogP contribution in [0.15, 0.2) is 48.7 Å². The normalized spacial score (nSPS) is 19.9. The summed E-state index contributed by atoms with van der Waals surface area (Å²) in [6.07, 6.45) is -2.53. The summed E-state index contributed by atoms with van der Waals surface area (Å²) in [6.45, 7) is 1.77. The molecule has 1 N–H and O–H groups in total. The highest BCUT2D eigenvalue weighted by molar-refractivity contribution is 6.07. The highest BCUT2D eigenvalue weighted by atomic mass is 19.4. The van der Waals surface area contributed by atoms with Crippen molar-refractivity contribution in [3.05, 3.63) is 71.0 Å². The molecule has 36 heavy (non-hydrogen) atoms. The molecule has 0 aliphatic carbocycles. The zero-order valence-electron chi connectivity index (χ0n) is 19.0. The summed E-state index contributed by atoms with van der Waals surface area (Å²) < 4.78 is 45.6. The second-order valence-corrected chi connectivity index (χ2v) is 8.81. The molecule has 1 atom stereocenters. The van der Waals surface area contributed by atoms with Gasteiger partial charge in [0.05, 0.1) is 24.0 Å². The minimum absolute atomic E-state index is 0.00245. The number of amides is 3. The lowest BCUT2D eigenvalue weighted by Gasteiger charge is -2.39. The Bertz CT molecular complexity index is 1370. The number of aromatic nitrogens is 3. The minimum Gasteiger partial charge on any atom is -0.487 e. The van der Waals surface area contributed by atoms with Crippen molar-refractivity contribution in [1.29, 1.82) is 0 Å². The van der Waals surface area contributed by atoms with Crippen molar-refractivity contribution in [2.75, 3.05) is 0 Å². The Morgan fingerprint density at radius 3 is 2.56 bits per heavy atom. The average Bonchev–Trinajstić information content (AvgIpc) is 3.45. The predicted molar refractivity (Wildman–Crippen MR) is 118 cm³/mol. The summed E-state index contributed by atoms with van der Waals surface area (Å²) in [5.41, 5.74) is -0.0732. The largest absolute Gasteiger partial charge is 0.487 e. The van der Waals surface area contributed by atoms with Gasteiger partial charge in [-0.2, -0.15) is 13.2 Å². The molecule has 0 bridgehead atoms. The molecule has 5 rings (SSSR count). The Hall–Kier alpha value is -4.22. The predicted octanol–water partition coefficient (Wildman–Crippen LogP) is 3.02. The number of fused-ring (bicyclic) bond motifs is 1. The fraction of sp³-hybridized carbons (Fsp3) is 0.292. The van der Waals surface area contributed by atoms with Crippen LogP contribution in [0.1, 0.15) is 46.9 Å². The summed E-state index contributed by atoms with van der Waals surface area (Å²) in [4.78, 5) is 38.7. The van der Waals surface area contributed by atoms with Crippen molar-refractivity contribution >= 4 is 17.7 Å². The zero-order chi connectivity index (χ0) is 25.7. The van der Waals surface area contributed by atoms with Crippen LogP contribution in [0.25, 0.3) is 5.69 Å². The van der Waals surface area contributed by atoms with Gasteiger partial charge in [-0.3, -0.25) is 19.7 Å². The highest BCUT2D eigenvalue weighted by Crippen LogP contribution is 2.38. The van der Waals surface area contributed by atoms with E-state index in [4.69, 9.17) is 4.74 Å². The van der Waals surface area contributed by atoms with Crippen molar-refractivity contribution in [3.63, 3.8) is 0 Å². The third kappa shape index (κ3) is 4.08. The number of halogens is 3. The Kier molecular flexibility index (Phi) is 5.53. The summed E-state index contributed by atoms with van der Waals surface area (Å²) in [6, 6.07) is 9.53. The standard InChI is InChI=1S/C24H20F3N5O4/c1-23(10-9-20(33)28-22(23)35)31-12-18-17(21(31)34)3-2-4-19(18)36-13-15-11-32(30-29-15)16-7-5-14(6-8-16)24(25,26)27/h2-8,11H,9-10,12-13H2,1H3,(H,28,33,35)/t23-/m0/s1. The lowest BCUT2D eigenvalue weighted by atomic mass is 9.89. The fourth-order valence-corrected chi connectivity index (χ4v) is 4.34. The van der Waals surface area contributed by atoms with Crippen LogP contribution in [0, 0.1) is 0 Å². The van der Waals surface area contributed by atoms with Crippen LogP contribution in [-0.2, 0) is 28.9 Å². The van der Waals surface area contributed by atoms with Crippen molar-refractivity contribution in [2.45, 2.75) is 44.6 Å². The number of piperidine rings is 1. The number of carbonyl (C=O) groups is 3. The Morgan fingerprint density at radius 2 is 1.86 bits per heavy atom. The van der Waals surface area contributed by atoms with Crippen LogP contribution in [0.3, 0.4) is 0 Å². The summed E-state index contributed by atoms with van der Waals surface area (Å²) in [5.74, 6) is -0.767. The molecule has 2 aliphatic rings. The second kappa shape index (κ2) is 8.47. The number of hydrogen-bond acceptors (Lipinski definition) is 6. The first-order valence-corrected chi connectivity index (χ1v) is 11.1. The van der Waals surface area contributed by atoms with Crippen molar-refractivity contribution < 1.29 is 32.3 Å². The smallest absolute Gasteiger partial charge is 0.416 e. The average molecular weight is 499 g/mol. The van der Waals surface area contributed by atoms with E-state index in [-0.39, 0.29) is 37.8 Å². The molecule has 3 amide bonds. The molecule has 0 unspecified atom stereocenters. The van der Waals surface area contributed by atoms with Gasteiger partial charge in [-0.1, -0.05) is 11.3 Å². The van der Waals surface area contributed by atoms with Crippen LogP contribution in [0.2, 0.25) is 0 Å². The van der Waals surface area contributed by atoms with Gasteiger partial charge in [0.15, 0.2) is 0 Å². The van der Waals surface area contributed by atoms with E-state index in [1.165, 1.54) is 27.9 Å². The topological polar surface area (TPSA) is 106 Å². The van der Waals surface area contributed by atoms with E-state index in [1.54, 1.807) is 25.1 Å². The number of nitrogens with one attached hydrogen (secondary N) is 1. The van der Waals surface area contributed by atoms with Gasteiger partial charge >= 0.3 is 6.18 Å². The maximum atomic E-state index is 13.1. The van der Waals surface area contributed by atoms with E-state index < -0.39 is 23.2 Å². The third-order valence-corrected chi connectivity index (χ3v) is 6.48. The number of imide groups is 1. The third-order valence-electron chi connectivity index (χ3n) is 6.48. The first kappa shape index (κ1) is 23.5. The summed E-state index contributed by atoms with van der Waals surface area (Å²) in [5, 5.41) is 10.3. The number of rotatable bonds is 5. The lowest BCUT2D eigenvalue weighted by molar-refractivity contribution is -0.142. The number of benzene rings is 2. The molecule has 0 radical (unpaired) electrons. The van der Waals surface area contributed by atoms with Gasteiger partial charge in [0.25, 0.3) is 11.8 Å². The first-order valence-electron chi connectivity index (χ1n) is 11.1. The molecule has 0 saturated carbocycles. The van der Waals surface area contributed by atoms with Gasteiger partial charge in [-0.15, -0.1) is 5.10 Å². The van der Waals surface area contributed by atoms with Gasteiger partial charge in [-0.25, -0.2) is 4.68 Å². The molecular formula is C24H20F3N5O4. The lowest BCUT2D eigenvalue weighted by Crippen LogP contribution is -2.61. The Balaban J connectivity index is 1.30. The molecule has 3 heterocycles. The number of nitrogens with zero attached hydrogens (tertiary/aromatic N) is 4. The van der Waals surface area contributed by atoms with Gasteiger partial charge in [0, 0.05) is 17.5 Å². The van der Waals surface area contributed by atoms with E-state index in [1.807, 2.05) is 0 Å². The maximum Gasteiger partial charge on any atom is 0.416 e. The van der Waals surface area contributed by atoms with E-state index >= 15 is 0 Å². The molecule has 0 spiro atoms. The number of hydrogen-bond donors (Lipinski definition) is 1. The Morgan fingerprint density at radius 1 is 1.11 bits per heavy atom. The molecule has 9 nitrogen and oxygen atoms in total. The Labute approximate surface area is 202 Å². The van der Waals surface area contributed by atoms with Crippen molar-refractivity contribution in [2.24, 2.45) is 0 Å². The first-order chi connectivity index (χ1) is 17.1. The summed E-state index contributed by atoms with van der Waals surface area (Å²) in [7, 11) is 0.